The van der Waals surface area contributed by atoms with Crippen molar-refractivity contribution in [3.8, 4) is 11.5 Å². The number of methoxy groups -OCH3 is 1. The minimum Gasteiger partial charge on any atom is -0.502 e. The summed E-state index contributed by atoms with van der Waals surface area (Å²) in [5, 5.41) is 14.9. The minimum absolute atomic E-state index is 0.0659. The van der Waals surface area contributed by atoms with Gasteiger partial charge in [0.2, 0.25) is 5.43 Å². The van der Waals surface area contributed by atoms with Crippen molar-refractivity contribution in [2.75, 3.05) is 25.4 Å². The van der Waals surface area contributed by atoms with E-state index >= 15 is 4.39 Å². The largest absolute Gasteiger partial charge is 0.502 e. The van der Waals surface area contributed by atoms with Gasteiger partial charge in [0.05, 0.1) is 21.5 Å². The highest BCUT2D eigenvalue weighted by atomic mass is 35.5. The van der Waals surface area contributed by atoms with Gasteiger partial charge in [0.25, 0.3) is 5.91 Å². The van der Waals surface area contributed by atoms with Gasteiger partial charge in [0.1, 0.15) is 19.3 Å². The summed E-state index contributed by atoms with van der Waals surface area (Å²) in [6.07, 6.45) is 6.06. The molecule has 1 unspecified atom stereocenters. The molecule has 1 aromatic carbocycles. The van der Waals surface area contributed by atoms with Crippen LogP contribution in [0, 0.1) is 5.82 Å². The molecule has 0 radical (unpaired) electrons. The van der Waals surface area contributed by atoms with Crippen LogP contribution in [0.15, 0.2) is 58.9 Å². The van der Waals surface area contributed by atoms with E-state index in [2.05, 4.69) is 0 Å². The molecule has 1 saturated carbocycles. The quantitative estimate of drug-likeness (QED) is 0.491. The van der Waals surface area contributed by atoms with Crippen LogP contribution in [0.4, 0.5) is 4.39 Å². The summed E-state index contributed by atoms with van der Waals surface area (Å²) in [6, 6.07) is 6.92. The van der Waals surface area contributed by atoms with E-state index in [1.165, 1.54) is 34.3 Å². The lowest BCUT2D eigenvalue weighted by atomic mass is 9.72. The number of carbonyl (C=O) groups is 1. The van der Waals surface area contributed by atoms with Gasteiger partial charge in [-0.05, 0) is 23.6 Å². The lowest BCUT2D eigenvalue weighted by Gasteiger charge is -2.55. The fourth-order valence-electron chi connectivity index (χ4n) is 5.46. The van der Waals surface area contributed by atoms with Crippen LogP contribution in [-0.4, -0.2) is 52.6 Å². The Morgan fingerprint density at radius 3 is 2.78 bits per heavy atom. The molecule has 1 atom stereocenters. The highest BCUT2D eigenvalue weighted by Crippen LogP contribution is 2.47. The molecule has 0 saturated heterocycles. The van der Waals surface area contributed by atoms with Crippen LogP contribution in [0.2, 0.25) is 5.02 Å². The molecule has 1 N–H and O–H groups in total. The topological polar surface area (TPSA) is 84.2 Å². The van der Waals surface area contributed by atoms with Gasteiger partial charge in [-0.3, -0.25) is 19.3 Å². The molecule has 1 spiro atoms. The van der Waals surface area contributed by atoms with E-state index in [-0.39, 0.29) is 30.8 Å². The van der Waals surface area contributed by atoms with Crippen LogP contribution < -0.4 is 15.2 Å². The van der Waals surface area contributed by atoms with E-state index in [1.54, 1.807) is 41.3 Å². The molecule has 11 heteroatoms. The number of ether oxygens (including phenoxy) is 2. The zero-order valence-corrected chi connectivity index (χ0v) is 21.3. The van der Waals surface area contributed by atoms with Crippen LogP contribution in [0.3, 0.4) is 0 Å². The van der Waals surface area contributed by atoms with Crippen LogP contribution in [0.1, 0.15) is 39.8 Å². The van der Waals surface area contributed by atoms with Crippen molar-refractivity contribution in [3.05, 3.63) is 91.3 Å². The first-order chi connectivity index (χ1) is 17.8. The summed E-state index contributed by atoms with van der Waals surface area (Å²) >= 11 is 8.01. The molecule has 192 valence electrons. The molecule has 1 amide bonds. The number of fused-ring (bicyclic) bond motifs is 6. The number of hydrogen-bond acceptors (Lipinski definition) is 7. The van der Waals surface area contributed by atoms with Gasteiger partial charge in [-0.25, -0.2) is 4.39 Å². The normalized spacial score (nSPS) is 25.5. The summed E-state index contributed by atoms with van der Waals surface area (Å²) in [6.45, 7) is 0.153. The lowest BCUT2D eigenvalue weighted by Crippen LogP contribution is -2.67. The molecule has 1 aliphatic carbocycles. The van der Waals surface area contributed by atoms with Gasteiger partial charge in [0.15, 0.2) is 23.0 Å². The molecule has 37 heavy (non-hydrogen) atoms. The zero-order valence-electron chi connectivity index (χ0n) is 19.8. The van der Waals surface area contributed by atoms with E-state index in [4.69, 9.17) is 21.1 Å². The van der Waals surface area contributed by atoms with Gasteiger partial charge < -0.3 is 19.5 Å². The highest BCUT2D eigenvalue weighted by Gasteiger charge is 2.53. The van der Waals surface area contributed by atoms with E-state index in [0.29, 0.717) is 28.3 Å². The average molecular weight is 544 g/mol. The predicted octanol–water partition coefficient (Wildman–Crippen LogP) is 4.05. The number of thiophene rings is 1. The Kier molecular flexibility index (Phi) is 5.78. The van der Waals surface area contributed by atoms with Crippen molar-refractivity contribution in [3.63, 3.8) is 0 Å². The van der Waals surface area contributed by atoms with Gasteiger partial charge in [-0.1, -0.05) is 29.8 Å². The van der Waals surface area contributed by atoms with Crippen LogP contribution >= 0.6 is 22.9 Å². The Labute approximate surface area is 220 Å². The van der Waals surface area contributed by atoms with Crippen LogP contribution in [0.5, 0.6) is 11.5 Å². The molecule has 3 aromatic rings. The molecular formula is C26H23ClFN3O5S. The van der Waals surface area contributed by atoms with Crippen molar-refractivity contribution in [1.82, 2.24) is 9.58 Å². The Hall–Kier alpha value is -3.34. The predicted molar refractivity (Wildman–Crippen MR) is 137 cm³/mol. The van der Waals surface area contributed by atoms with E-state index < -0.39 is 34.5 Å². The van der Waals surface area contributed by atoms with E-state index in [0.717, 1.165) is 0 Å². The maximum atomic E-state index is 15.2. The summed E-state index contributed by atoms with van der Waals surface area (Å²) < 4.78 is 28.2. The summed E-state index contributed by atoms with van der Waals surface area (Å²) in [7, 11) is 1.62. The first kappa shape index (κ1) is 24.0. The number of nitrogens with zero attached hydrogens (tertiary/aromatic N) is 3. The molecule has 8 nitrogen and oxygen atoms in total. The summed E-state index contributed by atoms with van der Waals surface area (Å²) in [5.74, 6) is -1.60. The van der Waals surface area contributed by atoms with Gasteiger partial charge in [0, 0.05) is 37.8 Å². The molecule has 3 aliphatic rings. The molecule has 2 aliphatic heterocycles. The third-order valence-corrected chi connectivity index (χ3v) is 8.74. The molecule has 2 bridgehead atoms. The van der Waals surface area contributed by atoms with Gasteiger partial charge >= 0.3 is 0 Å². The Morgan fingerprint density at radius 2 is 2.05 bits per heavy atom. The summed E-state index contributed by atoms with van der Waals surface area (Å²) in [5.41, 5.74) is -1.08. The van der Waals surface area contributed by atoms with Gasteiger partial charge in [-0.2, -0.15) is 0 Å². The zero-order chi connectivity index (χ0) is 25.9. The first-order valence-electron chi connectivity index (χ1n) is 11.7. The van der Waals surface area contributed by atoms with Crippen LogP contribution in [0.25, 0.3) is 0 Å². The number of aromatic nitrogens is 1. The third-order valence-electron chi connectivity index (χ3n) is 7.33. The standard InChI is InChI=1S/C26H23ClFN3O5S/c1-35-15-12-26(13-15)8-3-10-36-23-16(4-2-5-18(23)28)20(24-17(27)7-11-37-24)31-14-29(26)25(34)21-22(33)19(32)6-9-30(21)31/h2-9,11,15,20,33H,10,12-14H2,1H3/b8-3+. The summed E-state index contributed by atoms with van der Waals surface area (Å²) in [4.78, 5) is 28.7. The Bertz CT molecular complexity index is 1480. The van der Waals surface area contributed by atoms with E-state index in [1.807, 2.05) is 11.5 Å². The SMILES string of the molecule is COC1CC2(/C=C/COc3c(F)cccc3C(c3sccc3Cl)N3CN2C(=O)c2c(O)c(=O)ccn23)C1. The number of hydrogen-bond donors (Lipinski definition) is 1. The number of carbonyl (C=O) groups excluding carboxylic acids is 1. The molecular weight excluding hydrogens is 521 g/mol. The van der Waals surface area contributed by atoms with Gasteiger partial charge in [-0.15, -0.1) is 11.3 Å². The Balaban J connectivity index is 1.64. The number of amides is 1. The molecule has 1 fully saturated rings. The maximum Gasteiger partial charge on any atom is 0.278 e. The second kappa shape index (κ2) is 8.90. The highest BCUT2D eigenvalue weighted by molar-refractivity contribution is 7.10. The lowest BCUT2D eigenvalue weighted by molar-refractivity contribution is -0.0602. The monoisotopic (exact) mass is 543 g/mol. The molecule has 2 aromatic heterocycles. The number of pyridine rings is 1. The number of para-hydroxylation sites is 1. The van der Waals surface area contributed by atoms with Crippen molar-refractivity contribution in [2.24, 2.45) is 0 Å². The minimum atomic E-state index is -0.748. The number of halogens is 2. The maximum absolute atomic E-state index is 15.2. The Morgan fingerprint density at radius 1 is 1.24 bits per heavy atom. The number of aromatic hydroxyl groups is 1. The first-order valence-corrected chi connectivity index (χ1v) is 13.0. The molecule has 6 rings (SSSR count). The van der Waals surface area contributed by atoms with E-state index in [9.17, 15) is 14.7 Å². The smallest absolute Gasteiger partial charge is 0.278 e. The van der Waals surface area contributed by atoms with Crippen LogP contribution in [-0.2, 0) is 4.74 Å². The second-order valence-electron chi connectivity index (χ2n) is 9.31. The van der Waals surface area contributed by atoms with Crippen molar-refractivity contribution in [2.45, 2.75) is 30.5 Å². The van der Waals surface area contributed by atoms with Crippen molar-refractivity contribution in [1.29, 1.82) is 0 Å². The van der Waals surface area contributed by atoms with Crippen molar-refractivity contribution < 1.29 is 23.8 Å². The second-order valence-corrected chi connectivity index (χ2v) is 10.7. The fraction of sp³-hybridized carbons (Fsp3) is 0.308. The molecule has 4 heterocycles. The third kappa shape index (κ3) is 3.65. The van der Waals surface area contributed by atoms with Crippen molar-refractivity contribution >= 4 is 28.8 Å². The average Bonchev–Trinajstić information content (AvgIpc) is 3.27. The number of benzene rings is 1. The number of rotatable bonds is 2. The fourth-order valence-corrected chi connectivity index (χ4v) is 6.74.